The number of rotatable bonds is 11. The van der Waals surface area contributed by atoms with Crippen molar-refractivity contribution in [2.75, 3.05) is 6.61 Å². The SMILES string of the molecule is OCCC(F)(OC(F)(F)C(F)(OC(F)(F)C(F)(OC(F)(F)C(F)(F)C(F)(F)F)C(F)(F)F)C(F)(F)F)C(F)(F)F. The van der Waals surface area contributed by atoms with Gasteiger partial charge in [-0.1, -0.05) is 0 Å². The molecule has 0 amide bonds. The van der Waals surface area contributed by atoms with Crippen molar-refractivity contribution in [3.63, 3.8) is 0 Å². The number of alkyl halides is 23. The lowest BCUT2D eigenvalue weighted by Crippen LogP contribution is -2.70. The maximum Gasteiger partial charge on any atom is 0.462 e. The standard InChI is InChI=1S/C13H5F23O4/c14-3(1-2-37,7(19,20)21)38-12(33,34)5(17,9(25,26)27)40-13(35,36)6(18,10(28,29)30)39-11(31,32)4(15,16)8(22,23)24/h37H,1-2H2. The molecule has 0 aromatic rings. The van der Waals surface area contributed by atoms with Crippen molar-refractivity contribution in [2.45, 2.75) is 72.9 Å². The average molecular weight is 662 g/mol. The summed E-state index contributed by atoms with van der Waals surface area (Å²) in [4.78, 5) is 0. The molecule has 0 heterocycles. The number of aliphatic hydroxyl groups excluding tert-OH is 1. The first kappa shape index (κ1) is 38.2. The van der Waals surface area contributed by atoms with Crippen LogP contribution in [0.15, 0.2) is 0 Å². The minimum atomic E-state index is -8.67. The molecule has 242 valence electrons. The lowest BCUT2D eigenvalue weighted by Gasteiger charge is -2.42. The van der Waals surface area contributed by atoms with Crippen LogP contribution in [0.25, 0.3) is 0 Å². The minimum absolute atomic E-state index is 1.03. The van der Waals surface area contributed by atoms with Crippen LogP contribution in [0.1, 0.15) is 6.42 Å². The van der Waals surface area contributed by atoms with Gasteiger partial charge in [-0.3, -0.25) is 14.2 Å². The molecule has 0 saturated heterocycles. The van der Waals surface area contributed by atoms with Crippen LogP contribution < -0.4 is 0 Å². The topological polar surface area (TPSA) is 47.9 Å². The summed E-state index contributed by atoms with van der Waals surface area (Å²) in [6, 6.07) is 0. The maximum atomic E-state index is 14.1. The zero-order valence-corrected chi connectivity index (χ0v) is 17.3. The third-order valence-electron chi connectivity index (χ3n) is 3.88. The van der Waals surface area contributed by atoms with E-state index < -0.39 is 79.5 Å². The summed E-state index contributed by atoms with van der Waals surface area (Å²) in [5, 5.41) is 8.20. The first-order valence-electron chi connectivity index (χ1n) is 8.49. The van der Waals surface area contributed by atoms with Crippen LogP contribution in [0.3, 0.4) is 0 Å². The third kappa shape index (κ3) is 6.49. The highest BCUT2D eigenvalue weighted by Gasteiger charge is 2.88. The zero-order valence-electron chi connectivity index (χ0n) is 17.3. The molecule has 0 aromatic heterocycles. The van der Waals surface area contributed by atoms with Gasteiger partial charge in [0.1, 0.15) is 0 Å². The molecule has 27 heteroatoms. The molecule has 0 bridgehead atoms. The lowest BCUT2D eigenvalue weighted by atomic mass is 10.2. The van der Waals surface area contributed by atoms with Gasteiger partial charge in [-0.05, 0) is 0 Å². The van der Waals surface area contributed by atoms with E-state index in [-0.39, 0.29) is 0 Å². The van der Waals surface area contributed by atoms with Crippen molar-refractivity contribution >= 4 is 0 Å². The number of hydrogen-bond donors (Lipinski definition) is 1. The highest BCUT2D eigenvalue weighted by atomic mass is 19.4. The van der Waals surface area contributed by atoms with Gasteiger partial charge in [0, 0.05) is 13.0 Å². The van der Waals surface area contributed by atoms with E-state index >= 15 is 0 Å². The van der Waals surface area contributed by atoms with Crippen LogP contribution in [-0.4, -0.2) is 78.2 Å². The molecule has 1 N–H and O–H groups in total. The Labute approximate surface area is 201 Å². The molecule has 0 aliphatic heterocycles. The van der Waals surface area contributed by atoms with E-state index in [2.05, 4.69) is 0 Å². The van der Waals surface area contributed by atoms with Crippen molar-refractivity contribution in [1.82, 2.24) is 0 Å². The van der Waals surface area contributed by atoms with Gasteiger partial charge in [0.05, 0.1) is 0 Å². The van der Waals surface area contributed by atoms with Crippen LogP contribution in [0.2, 0.25) is 0 Å². The van der Waals surface area contributed by atoms with E-state index in [0.717, 1.165) is 9.47 Å². The predicted molar refractivity (Wildman–Crippen MR) is 70.5 cm³/mol. The summed E-state index contributed by atoms with van der Waals surface area (Å²) in [5.41, 5.74) is 0. The summed E-state index contributed by atoms with van der Waals surface area (Å²) in [7, 11) is 0. The van der Waals surface area contributed by atoms with Gasteiger partial charge in [-0.15, -0.1) is 0 Å². The smallest absolute Gasteiger partial charge is 0.396 e. The Hall–Kier alpha value is -1.77. The highest BCUT2D eigenvalue weighted by Crippen LogP contribution is 2.59. The largest absolute Gasteiger partial charge is 0.462 e. The van der Waals surface area contributed by atoms with Gasteiger partial charge >= 0.3 is 66.5 Å². The van der Waals surface area contributed by atoms with Crippen LogP contribution in [-0.2, 0) is 14.2 Å². The van der Waals surface area contributed by atoms with E-state index in [9.17, 15) is 101 Å². The normalized spacial score (nSPS) is 20.1. The van der Waals surface area contributed by atoms with Crippen molar-refractivity contribution in [3.8, 4) is 0 Å². The zero-order chi connectivity index (χ0) is 33.0. The molecule has 40 heavy (non-hydrogen) atoms. The number of hydrogen-bond acceptors (Lipinski definition) is 4. The average Bonchev–Trinajstić information content (AvgIpc) is 2.62. The molecule has 0 aliphatic rings. The number of aliphatic hydroxyl groups is 1. The van der Waals surface area contributed by atoms with E-state index in [4.69, 9.17) is 5.11 Å². The van der Waals surface area contributed by atoms with Crippen molar-refractivity contribution in [1.29, 1.82) is 0 Å². The molecular formula is C13H5F23O4. The molecule has 3 atom stereocenters. The fraction of sp³-hybridized carbons (Fsp3) is 1.00. The first-order valence-corrected chi connectivity index (χ1v) is 8.49. The molecule has 0 aliphatic carbocycles. The molecule has 4 nitrogen and oxygen atoms in total. The summed E-state index contributed by atoms with van der Waals surface area (Å²) < 4.78 is 303. The molecule has 0 fully saturated rings. The fourth-order valence-electron chi connectivity index (χ4n) is 1.88. The molecular weight excluding hydrogens is 657 g/mol. The van der Waals surface area contributed by atoms with Crippen molar-refractivity contribution in [2.24, 2.45) is 0 Å². The summed E-state index contributed by atoms with van der Waals surface area (Å²) in [6.07, 6.45) is -59.7. The Morgan fingerprint density at radius 3 is 0.925 bits per heavy atom. The molecule has 0 rings (SSSR count). The molecule has 3 unspecified atom stereocenters. The number of halogens is 23. The summed E-state index contributed by atoms with van der Waals surface area (Å²) >= 11 is 0. The Balaban J connectivity index is 7.17. The van der Waals surface area contributed by atoms with Crippen molar-refractivity contribution in [3.05, 3.63) is 0 Å². The van der Waals surface area contributed by atoms with Gasteiger partial charge in [-0.2, -0.15) is 96.6 Å². The predicted octanol–water partition coefficient (Wildman–Crippen LogP) is 7.08. The van der Waals surface area contributed by atoms with Crippen LogP contribution in [0.5, 0.6) is 0 Å². The maximum absolute atomic E-state index is 14.1. The molecule has 0 spiro atoms. The van der Waals surface area contributed by atoms with Crippen LogP contribution in [0.4, 0.5) is 101 Å². The number of ether oxygens (including phenoxy) is 3. The van der Waals surface area contributed by atoms with E-state index in [1.165, 1.54) is 0 Å². The molecule has 0 saturated carbocycles. The summed E-state index contributed by atoms with van der Waals surface area (Å²) in [6.45, 7) is -2.37. The Morgan fingerprint density at radius 1 is 0.375 bits per heavy atom. The Kier molecular flexibility index (Phi) is 9.75. The minimum Gasteiger partial charge on any atom is -0.396 e. The van der Waals surface area contributed by atoms with Gasteiger partial charge in [0.2, 0.25) is 0 Å². The quantitative estimate of drug-likeness (QED) is 0.241. The van der Waals surface area contributed by atoms with Gasteiger partial charge in [0.15, 0.2) is 0 Å². The third-order valence-corrected chi connectivity index (χ3v) is 3.88. The molecule has 0 radical (unpaired) electrons. The Bertz CT molecular complexity index is 872. The van der Waals surface area contributed by atoms with E-state index in [1.54, 1.807) is 4.74 Å². The van der Waals surface area contributed by atoms with Gasteiger partial charge in [-0.25, -0.2) is 4.39 Å². The second kappa shape index (κ2) is 10.2. The summed E-state index contributed by atoms with van der Waals surface area (Å²) in [5.74, 6) is -31.7. The van der Waals surface area contributed by atoms with Gasteiger partial charge in [0.25, 0.3) is 0 Å². The van der Waals surface area contributed by atoms with Gasteiger partial charge < -0.3 is 5.11 Å². The Morgan fingerprint density at radius 2 is 0.675 bits per heavy atom. The van der Waals surface area contributed by atoms with Crippen molar-refractivity contribution < 1.29 is 120 Å². The second-order valence-electron chi connectivity index (χ2n) is 6.81. The van der Waals surface area contributed by atoms with E-state index in [0.29, 0.717) is 0 Å². The lowest BCUT2D eigenvalue weighted by molar-refractivity contribution is -0.579. The van der Waals surface area contributed by atoms with Crippen LogP contribution >= 0.6 is 0 Å². The second-order valence-corrected chi connectivity index (χ2v) is 6.81. The van der Waals surface area contributed by atoms with E-state index in [1.807, 2.05) is 0 Å². The van der Waals surface area contributed by atoms with Crippen LogP contribution in [0, 0.1) is 0 Å². The fourth-order valence-corrected chi connectivity index (χ4v) is 1.88. The first-order chi connectivity index (χ1) is 16.9. The highest BCUT2D eigenvalue weighted by molar-refractivity contribution is 4.97. The monoisotopic (exact) mass is 662 g/mol. The molecule has 0 aromatic carbocycles.